The van der Waals surface area contributed by atoms with Crippen molar-refractivity contribution in [2.45, 2.75) is 26.2 Å². The second kappa shape index (κ2) is 8.88. The number of amides is 1. The third-order valence-corrected chi connectivity index (χ3v) is 3.44. The van der Waals surface area contributed by atoms with Gasteiger partial charge >= 0.3 is 0 Å². The third kappa shape index (κ3) is 4.92. The van der Waals surface area contributed by atoms with E-state index < -0.39 is 0 Å². The molecular formula is C19H23NO2. The van der Waals surface area contributed by atoms with Gasteiger partial charge in [0.25, 0.3) is 5.91 Å². The van der Waals surface area contributed by atoms with Crippen molar-refractivity contribution in [2.24, 2.45) is 0 Å². The van der Waals surface area contributed by atoms with Gasteiger partial charge in [-0.15, -0.1) is 0 Å². The number of ether oxygens (including phenoxy) is 1. The van der Waals surface area contributed by atoms with Crippen molar-refractivity contribution in [3.63, 3.8) is 0 Å². The number of hydrogen-bond acceptors (Lipinski definition) is 2. The molecule has 2 aromatic carbocycles. The molecule has 3 nitrogen and oxygen atoms in total. The quantitative estimate of drug-likeness (QED) is 0.752. The number of unbranched alkanes of at least 4 members (excludes halogenated alkanes) is 1. The molecule has 0 aromatic heterocycles. The van der Waals surface area contributed by atoms with Gasteiger partial charge in [-0.05, 0) is 24.1 Å². The predicted molar refractivity (Wildman–Crippen MR) is 89.3 cm³/mol. The number of hydrogen-bond donors (Lipinski definition) is 1. The molecule has 1 N–H and O–H groups in total. The largest absolute Gasteiger partial charge is 0.492 e. The first kappa shape index (κ1) is 16.1. The van der Waals surface area contributed by atoms with Crippen molar-refractivity contribution in [2.75, 3.05) is 13.2 Å². The van der Waals surface area contributed by atoms with Crippen molar-refractivity contribution in [1.29, 1.82) is 0 Å². The summed E-state index contributed by atoms with van der Waals surface area (Å²) in [5.74, 6) is 0.580. The molecule has 2 aromatic rings. The Morgan fingerprint density at radius 1 is 1.05 bits per heavy atom. The van der Waals surface area contributed by atoms with E-state index in [2.05, 4.69) is 24.4 Å². The SMILES string of the molecule is CCCCNC(=O)c1ccccc1OCCc1ccccc1. The maximum Gasteiger partial charge on any atom is 0.255 e. The smallest absolute Gasteiger partial charge is 0.255 e. The summed E-state index contributed by atoms with van der Waals surface area (Å²) >= 11 is 0. The Balaban J connectivity index is 1.92. The van der Waals surface area contributed by atoms with E-state index >= 15 is 0 Å². The van der Waals surface area contributed by atoms with Gasteiger partial charge in [0.2, 0.25) is 0 Å². The molecule has 0 fully saturated rings. The fourth-order valence-electron chi connectivity index (χ4n) is 2.18. The molecular weight excluding hydrogens is 274 g/mol. The molecule has 0 spiro atoms. The highest BCUT2D eigenvalue weighted by atomic mass is 16.5. The van der Waals surface area contributed by atoms with E-state index in [4.69, 9.17) is 4.74 Å². The fourth-order valence-corrected chi connectivity index (χ4v) is 2.18. The molecule has 22 heavy (non-hydrogen) atoms. The Morgan fingerprint density at radius 2 is 1.77 bits per heavy atom. The van der Waals surface area contributed by atoms with Crippen molar-refractivity contribution < 1.29 is 9.53 Å². The molecule has 0 atom stereocenters. The molecule has 0 bridgehead atoms. The lowest BCUT2D eigenvalue weighted by atomic mass is 10.1. The van der Waals surface area contributed by atoms with Gasteiger partial charge in [0, 0.05) is 13.0 Å². The molecule has 0 radical (unpaired) electrons. The van der Waals surface area contributed by atoms with Crippen LogP contribution >= 0.6 is 0 Å². The lowest BCUT2D eigenvalue weighted by Crippen LogP contribution is -2.25. The van der Waals surface area contributed by atoms with E-state index in [0.29, 0.717) is 24.5 Å². The summed E-state index contributed by atoms with van der Waals surface area (Å²) in [6.45, 7) is 3.36. The minimum Gasteiger partial charge on any atom is -0.492 e. The number of nitrogens with one attached hydrogen (secondary N) is 1. The molecule has 0 unspecified atom stereocenters. The minimum absolute atomic E-state index is 0.0660. The molecule has 0 aliphatic rings. The highest BCUT2D eigenvalue weighted by molar-refractivity contribution is 5.96. The molecule has 1 amide bonds. The van der Waals surface area contributed by atoms with Gasteiger partial charge in [-0.2, -0.15) is 0 Å². The molecule has 0 aliphatic heterocycles. The van der Waals surface area contributed by atoms with Gasteiger partial charge in [-0.1, -0.05) is 55.8 Å². The summed E-state index contributed by atoms with van der Waals surface area (Å²) in [4.78, 5) is 12.2. The first-order valence-electron chi connectivity index (χ1n) is 7.85. The predicted octanol–water partition coefficient (Wildman–Crippen LogP) is 3.84. The van der Waals surface area contributed by atoms with Crippen LogP contribution in [0.5, 0.6) is 5.75 Å². The maximum absolute atomic E-state index is 12.2. The van der Waals surface area contributed by atoms with E-state index in [9.17, 15) is 4.79 Å². The maximum atomic E-state index is 12.2. The highest BCUT2D eigenvalue weighted by Crippen LogP contribution is 2.18. The average Bonchev–Trinajstić information content (AvgIpc) is 2.56. The van der Waals surface area contributed by atoms with Crippen LogP contribution in [0.4, 0.5) is 0 Å². The average molecular weight is 297 g/mol. The standard InChI is InChI=1S/C19H23NO2/c1-2-3-14-20-19(21)17-11-7-8-12-18(17)22-15-13-16-9-5-4-6-10-16/h4-12H,2-3,13-15H2,1H3,(H,20,21). The summed E-state index contributed by atoms with van der Waals surface area (Å²) < 4.78 is 5.81. The van der Waals surface area contributed by atoms with Crippen LogP contribution in [0.25, 0.3) is 0 Å². The van der Waals surface area contributed by atoms with Gasteiger partial charge in [0.1, 0.15) is 5.75 Å². The molecule has 0 heterocycles. The van der Waals surface area contributed by atoms with Gasteiger partial charge in [0.05, 0.1) is 12.2 Å². The minimum atomic E-state index is -0.0660. The van der Waals surface area contributed by atoms with Gasteiger partial charge < -0.3 is 10.1 Å². The first-order valence-corrected chi connectivity index (χ1v) is 7.85. The Labute approximate surface area is 132 Å². The zero-order chi connectivity index (χ0) is 15.6. The Bertz CT molecular complexity index is 581. The summed E-state index contributed by atoms with van der Waals surface area (Å²) in [5, 5.41) is 2.93. The second-order valence-electron chi connectivity index (χ2n) is 5.19. The topological polar surface area (TPSA) is 38.3 Å². The summed E-state index contributed by atoms with van der Waals surface area (Å²) in [6.07, 6.45) is 2.88. The van der Waals surface area contributed by atoms with Crippen LogP contribution in [0.3, 0.4) is 0 Å². The van der Waals surface area contributed by atoms with Crippen LogP contribution in [-0.2, 0) is 6.42 Å². The molecule has 0 saturated carbocycles. The van der Waals surface area contributed by atoms with Crippen molar-refractivity contribution in [1.82, 2.24) is 5.32 Å². The van der Waals surface area contributed by atoms with Crippen LogP contribution in [0.2, 0.25) is 0 Å². The zero-order valence-electron chi connectivity index (χ0n) is 13.0. The van der Waals surface area contributed by atoms with Gasteiger partial charge in [0.15, 0.2) is 0 Å². The van der Waals surface area contributed by atoms with E-state index in [0.717, 1.165) is 19.3 Å². The normalized spacial score (nSPS) is 10.2. The van der Waals surface area contributed by atoms with Gasteiger partial charge in [-0.25, -0.2) is 0 Å². The highest BCUT2D eigenvalue weighted by Gasteiger charge is 2.11. The van der Waals surface area contributed by atoms with E-state index in [1.807, 2.05) is 36.4 Å². The first-order chi connectivity index (χ1) is 10.8. The Morgan fingerprint density at radius 3 is 2.55 bits per heavy atom. The third-order valence-electron chi connectivity index (χ3n) is 3.44. The Hall–Kier alpha value is -2.29. The van der Waals surface area contributed by atoms with Crippen LogP contribution < -0.4 is 10.1 Å². The summed E-state index contributed by atoms with van der Waals surface area (Å²) in [5.41, 5.74) is 1.83. The van der Waals surface area contributed by atoms with E-state index in [1.54, 1.807) is 6.07 Å². The molecule has 0 saturated heterocycles. The monoisotopic (exact) mass is 297 g/mol. The van der Waals surface area contributed by atoms with Crippen LogP contribution in [0, 0.1) is 0 Å². The van der Waals surface area contributed by atoms with E-state index in [1.165, 1.54) is 5.56 Å². The molecule has 116 valence electrons. The number of benzene rings is 2. The molecule has 0 aliphatic carbocycles. The molecule has 3 heteroatoms. The number of carbonyl (C=O) groups is 1. The fraction of sp³-hybridized carbons (Fsp3) is 0.316. The van der Waals surface area contributed by atoms with Crippen molar-refractivity contribution in [3.8, 4) is 5.75 Å². The zero-order valence-corrected chi connectivity index (χ0v) is 13.0. The number of carbonyl (C=O) groups excluding carboxylic acids is 1. The lowest BCUT2D eigenvalue weighted by Gasteiger charge is -2.11. The van der Waals surface area contributed by atoms with Crippen LogP contribution in [-0.4, -0.2) is 19.1 Å². The van der Waals surface area contributed by atoms with Crippen LogP contribution in [0.1, 0.15) is 35.7 Å². The van der Waals surface area contributed by atoms with Crippen LogP contribution in [0.15, 0.2) is 54.6 Å². The Kier molecular flexibility index (Phi) is 6.49. The van der Waals surface area contributed by atoms with Gasteiger partial charge in [-0.3, -0.25) is 4.79 Å². The van der Waals surface area contributed by atoms with E-state index in [-0.39, 0.29) is 5.91 Å². The summed E-state index contributed by atoms with van der Waals surface area (Å²) in [6, 6.07) is 17.6. The second-order valence-corrected chi connectivity index (χ2v) is 5.19. The molecule has 2 rings (SSSR count). The van der Waals surface area contributed by atoms with Crippen molar-refractivity contribution >= 4 is 5.91 Å². The number of para-hydroxylation sites is 1. The van der Waals surface area contributed by atoms with Crippen molar-refractivity contribution in [3.05, 3.63) is 65.7 Å². The number of rotatable bonds is 8. The summed E-state index contributed by atoms with van der Waals surface area (Å²) in [7, 11) is 0. The lowest BCUT2D eigenvalue weighted by molar-refractivity contribution is 0.0949.